The number of ether oxygens (including phenoxy) is 1. The third kappa shape index (κ3) is 3.05. The average Bonchev–Trinajstić information content (AvgIpc) is 2.19. The zero-order valence-corrected chi connectivity index (χ0v) is 7.79. The molecule has 0 aliphatic heterocycles. The molecule has 1 N–H and O–H groups in total. The summed E-state index contributed by atoms with van der Waals surface area (Å²) < 4.78 is 4.49. The Kier molecular flexibility index (Phi) is 3.73. The van der Waals surface area contributed by atoms with Crippen LogP contribution in [0.25, 0.3) is 0 Å². The van der Waals surface area contributed by atoms with Crippen LogP contribution in [0, 0.1) is 5.92 Å². The molecule has 4 nitrogen and oxygen atoms in total. The molecule has 0 atom stereocenters. The molecular weight excluding hydrogens is 170 g/mol. The largest absolute Gasteiger partial charge is 0.453 e. The fourth-order valence-corrected chi connectivity index (χ4v) is 1.63. The molecule has 1 saturated carbocycles. The zero-order valence-electron chi connectivity index (χ0n) is 7.79. The molecule has 4 heteroatoms. The first-order valence-electron chi connectivity index (χ1n) is 4.56. The molecule has 0 bridgehead atoms. The standard InChI is InChI=1S/C9H15NO3/c1-13-9(12)10-8-4-2-7(6-11)3-5-8/h6-8H,2-5H2,1H3,(H,10,12). The smallest absolute Gasteiger partial charge is 0.407 e. The highest BCUT2D eigenvalue weighted by Crippen LogP contribution is 2.22. The topological polar surface area (TPSA) is 55.4 Å². The van der Waals surface area contributed by atoms with E-state index in [1.165, 1.54) is 7.11 Å². The minimum atomic E-state index is -0.380. The Balaban J connectivity index is 2.24. The quantitative estimate of drug-likeness (QED) is 0.655. The van der Waals surface area contributed by atoms with Crippen LogP contribution in [0.4, 0.5) is 4.79 Å². The first kappa shape index (κ1) is 10.0. The number of carbonyl (C=O) groups excluding carboxylic acids is 2. The highest BCUT2D eigenvalue weighted by atomic mass is 16.5. The van der Waals surface area contributed by atoms with Gasteiger partial charge in [0.05, 0.1) is 7.11 Å². The van der Waals surface area contributed by atoms with Crippen molar-refractivity contribution in [3.63, 3.8) is 0 Å². The second kappa shape index (κ2) is 4.84. The van der Waals surface area contributed by atoms with Crippen LogP contribution in [0.1, 0.15) is 25.7 Å². The molecule has 1 aliphatic rings. The minimum absolute atomic E-state index is 0.184. The van der Waals surface area contributed by atoms with Gasteiger partial charge in [0.25, 0.3) is 0 Å². The van der Waals surface area contributed by atoms with Gasteiger partial charge in [0, 0.05) is 12.0 Å². The van der Waals surface area contributed by atoms with E-state index in [4.69, 9.17) is 0 Å². The van der Waals surface area contributed by atoms with Gasteiger partial charge in [-0.05, 0) is 25.7 Å². The number of hydrogen-bond donors (Lipinski definition) is 1. The monoisotopic (exact) mass is 185 g/mol. The molecule has 0 spiro atoms. The zero-order chi connectivity index (χ0) is 9.68. The van der Waals surface area contributed by atoms with E-state index in [1.807, 2.05) is 0 Å². The average molecular weight is 185 g/mol. The lowest BCUT2D eigenvalue weighted by Crippen LogP contribution is -2.37. The maximum Gasteiger partial charge on any atom is 0.407 e. The number of methoxy groups -OCH3 is 1. The lowest BCUT2D eigenvalue weighted by atomic mass is 9.87. The van der Waals surface area contributed by atoms with E-state index < -0.39 is 0 Å². The van der Waals surface area contributed by atoms with Crippen molar-refractivity contribution < 1.29 is 14.3 Å². The fourth-order valence-electron chi connectivity index (χ4n) is 1.63. The maximum absolute atomic E-state index is 10.8. The van der Waals surface area contributed by atoms with Crippen molar-refractivity contribution in [3.05, 3.63) is 0 Å². The first-order chi connectivity index (χ1) is 6.26. The Labute approximate surface area is 77.6 Å². The third-order valence-electron chi connectivity index (χ3n) is 2.47. The van der Waals surface area contributed by atoms with Crippen LogP contribution in [0.5, 0.6) is 0 Å². The van der Waals surface area contributed by atoms with Gasteiger partial charge >= 0.3 is 6.09 Å². The Bertz CT molecular complexity index is 185. The van der Waals surface area contributed by atoms with Crippen LogP contribution in [0.15, 0.2) is 0 Å². The van der Waals surface area contributed by atoms with E-state index in [1.54, 1.807) is 0 Å². The second-order valence-corrected chi connectivity index (χ2v) is 3.38. The summed E-state index contributed by atoms with van der Waals surface area (Å²) in [6.07, 6.45) is 4.12. The number of rotatable bonds is 2. The summed E-state index contributed by atoms with van der Waals surface area (Å²) in [5.41, 5.74) is 0. The third-order valence-corrected chi connectivity index (χ3v) is 2.47. The van der Waals surface area contributed by atoms with Crippen molar-refractivity contribution >= 4 is 12.4 Å². The number of aldehydes is 1. The van der Waals surface area contributed by atoms with Crippen LogP contribution in [0.3, 0.4) is 0 Å². The molecule has 0 aromatic rings. The number of amides is 1. The lowest BCUT2D eigenvalue weighted by Gasteiger charge is -2.25. The van der Waals surface area contributed by atoms with Gasteiger partial charge in [-0.1, -0.05) is 0 Å². The molecule has 0 aromatic heterocycles. The molecule has 1 fully saturated rings. The van der Waals surface area contributed by atoms with Crippen molar-refractivity contribution in [1.82, 2.24) is 5.32 Å². The lowest BCUT2D eigenvalue weighted by molar-refractivity contribution is -0.111. The minimum Gasteiger partial charge on any atom is -0.453 e. The van der Waals surface area contributed by atoms with E-state index in [0.717, 1.165) is 32.0 Å². The van der Waals surface area contributed by atoms with Gasteiger partial charge in [-0.15, -0.1) is 0 Å². The first-order valence-corrected chi connectivity index (χ1v) is 4.56. The normalized spacial score (nSPS) is 27.8. The predicted molar refractivity (Wildman–Crippen MR) is 47.4 cm³/mol. The van der Waals surface area contributed by atoms with Crippen LogP contribution >= 0.6 is 0 Å². The van der Waals surface area contributed by atoms with Gasteiger partial charge in [0.15, 0.2) is 0 Å². The molecule has 1 rings (SSSR count). The highest BCUT2D eigenvalue weighted by molar-refractivity contribution is 5.67. The van der Waals surface area contributed by atoms with Crippen molar-refractivity contribution in [2.45, 2.75) is 31.7 Å². The maximum atomic E-state index is 10.8. The van der Waals surface area contributed by atoms with Crippen LogP contribution < -0.4 is 5.32 Å². The Morgan fingerprint density at radius 2 is 2.00 bits per heavy atom. The van der Waals surface area contributed by atoms with Crippen LogP contribution in [-0.2, 0) is 9.53 Å². The SMILES string of the molecule is COC(=O)NC1CCC(C=O)CC1. The van der Waals surface area contributed by atoms with E-state index in [9.17, 15) is 9.59 Å². The van der Waals surface area contributed by atoms with E-state index in [0.29, 0.717) is 0 Å². The van der Waals surface area contributed by atoms with Gasteiger partial charge < -0.3 is 14.8 Å². The summed E-state index contributed by atoms with van der Waals surface area (Å²) in [7, 11) is 1.35. The molecule has 1 aliphatic carbocycles. The summed E-state index contributed by atoms with van der Waals surface area (Å²) in [5.74, 6) is 0.190. The number of alkyl carbamates (subject to hydrolysis) is 1. The van der Waals surface area contributed by atoms with Gasteiger partial charge in [-0.2, -0.15) is 0 Å². The van der Waals surface area contributed by atoms with Crippen molar-refractivity contribution in [2.24, 2.45) is 5.92 Å². The molecule has 0 saturated heterocycles. The molecule has 0 radical (unpaired) electrons. The van der Waals surface area contributed by atoms with E-state index in [2.05, 4.69) is 10.1 Å². The second-order valence-electron chi connectivity index (χ2n) is 3.38. The number of carbonyl (C=O) groups is 2. The van der Waals surface area contributed by atoms with E-state index in [-0.39, 0.29) is 18.1 Å². The Morgan fingerprint density at radius 1 is 1.38 bits per heavy atom. The molecule has 0 aromatic carbocycles. The van der Waals surface area contributed by atoms with Crippen LogP contribution in [0.2, 0.25) is 0 Å². The Morgan fingerprint density at radius 3 is 2.46 bits per heavy atom. The molecule has 74 valence electrons. The number of hydrogen-bond acceptors (Lipinski definition) is 3. The van der Waals surface area contributed by atoms with Gasteiger partial charge in [-0.25, -0.2) is 4.79 Å². The summed E-state index contributed by atoms with van der Waals surface area (Å²) in [6.45, 7) is 0. The molecular formula is C9H15NO3. The van der Waals surface area contributed by atoms with Crippen molar-refractivity contribution in [3.8, 4) is 0 Å². The van der Waals surface area contributed by atoms with Gasteiger partial charge in [0.2, 0.25) is 0 Å². The molecule has 1 amide bonds. The Hall–Kier alpha value is -1.06. The summed E-state index contributed by atoms with van der Waals surface area (Å²) in [4.78, 5) is 21.3. The van der Waals surface area contributed by atoms with E-state index >= 15 is 0 Å². The molecule has 0 heterocycles. The van der Waals surface area contributed by atoms with Crippen molar-refractivity contribution in [1.29, 1.82) is 0 Å². The van der Waals surface area contributed by atoms with Crippen LogP contribution in [-0.4, -0.2) is 25.5 Å². The predicted octanol–water partition coefficient (Wildman–Crippen LogP) is 1.10. The summed E-state index contributed by atoms with van der Waals surface area (Å²) >= 11 is 0. The molecule has 13 heavy (non-hydrogen) atoms. The van der Waals surface area contributed by atoms with Gasteiger partial charge in [-0.3, -0.25) is 0 Å². The number of nitrogens with one attached hydrogen (secondary N) is 1. The van der Waals surface area contributed by atoms with Gasteiger partial charge in [0.1, 0.15) is 6.29 Å². The van der Waals surface area contributed by atoms with Crippen molar-refractivity contribution in [2.75, 3.05) is 7.11 Å². The molecule has 0 unspecified atom stereocenters. The fraction of sp³-hybridized carbons (Fsp3) is 0.778. The summed E-state index contributed by atoms with van der Waals surface area (Å²) in [6, 6.07) is 0.184. The highest BCUT2D eigenvalue weighted by Gasteiger charge is 2.21. The summed E-state index contributed by atoms with van der Waals surface area (Å²) in [5, 5.41) is 2.74.